The SMILES string of the molecule is Cl.NCC(C(F)F)C1CCCCC1. The zero-order valence-electron chi connectivity index (χ0n) is 7.72. The Kier molecular flexibility index (Phi) is 6.60. The van der Waals surface area contributed by atoms with Crippen LogP contribution in [0.15, 0.2) is 0 Å². The van der Waals surface area contributed by atoms with Crippen LogP contribution in [0.4, 0.5) is 8.78 Å². The zero-order valence-corrected chi connectivity index (χ0v) is 8.53. The van der Waals surface area contributed by atoms with Crippen LogP contribution in [0.1, 0.15) is 32.1 Å². The van der Waals surface area contributed by atoms with Crippen LogP contribution in [-0.2, 0) is 0 Å². The Bertz CT molecular complexity index is 127. The second-order valence-electron chi connectivity index (χ2n) is 3.63. The van der Waals surface area contributed by atoms with Gasteiger partial charge in [0.25, 0.3) is 0 Å². The summed E-state index contributed by atoms with van der Waals surface area (Å²) in [4.78, 5) is 0. The van der Waals surface area contributed by atoms with E-state index in [1.165, 1.54) is 6.42 Å². The molecule has 13 heavy (non-hydrogen) atoms. The van der Waals surface area contributed by atoms with Crippen molar-refractivity contribution in [2.75, 3.05) is 6.54 Å². The Hall–Kier alpha value is 0.110. The molecule has 80 valence electrons. The lowest BCUT2D eigenvalue weighted by Crippen LogP contribution is -2.31. The minimum atomic E-state index is -2.22. The van der Waals surface area contributed by atoms with Gasteiger partial charge in [-0.3, -0.25) is 0 Å². The van der Waals surface area contributed by atoms with Crippen LogP contribution in [0.2, 0.25) is 0 Å². The molecule has 0 spiro atoms. The molecule has 0 aromatic carbocycles. The molecule has 1 atom stereocenters. The van der Waals surface area contributed by atoms with Crippen molar-refractivity contribution < 1.29 is 8.78 Å². The van der Waals surface area contributed by atoms with Crippen LogP contribution in [0.5, 0.6) is 0 Å². The van der Waals surface area contributed by atoms with Gasteiger partial charge in [-0.1, -0.05) is 19.3 Å². The summed E-state index contributed by atoms with van der Waals surface area (Å²) in [7, 11) is 0. The molecule has 0 aromatic rings. The monoisotopic (exact) mass is 213 g/mol. The third-order valence-electron chi connectivity index (χ3n) is 2.85. The lowest BCUT2D eigenvalue weighted by Gasteiger charge is -2.28. The van der Waals surface area contributed by atoms with E-state index < -0.39 is 12.3 Å². The largest absolute Gasteiger partial charge is 0.330 e. The number of hydrogen-bond donors (Lipinski definition) is 1. The van der Waals surface area contributed by atoms with Crippen LogP contribution in [0.25, 0.3) is 0 Å². The molecular weight excluding hydrogens is 196 g/mol. The van der Waals surface area contributed by atoms with E-state index in [0.29, 0.717) is 0 Å². The van der Waals surface area contributed by atoms with E-state index in [-0.39, 0.29) is 24.9 Å². The maximum absolute atomic E-state index is 12.4. The Balaban J connectivity index is 0.00000144. The molecule has 1 saturated carbocycles. The first kappa shape index (κ1) is 13.1. The van der Waals surface area contributed by atoms with Crippen molar-refractivity contribution in [2.24, 2.45) is 17.6 Å². The van der Waals surface area contributed by atoms with Gasteiger partial charge in [0.1, 0.15) is 0 Å². The maximum atomic E-state index is 12.4. The highest BCUT2D eigenvalue weighted by atomic mass is 35.5. The molecule has 0 aromatic heterocycles. The minimum absolute atomic E-state index is 0. The fourth-order valence-electron chi connectivity index (χ4n) is 2.06. The van der Waals surface area contributed by atoms with E-state index >= 15 is 0 Å². The average molecular weight is 214 g/mol. The van der Waals surface area contributed by atoms with Crippen molar-refractivity contribution in [1.82, 2.24) is 0 Å². The van der Waals surface area contributed by atoms with Crippen LogP contribution >= 0.6 is 12.4 Å². The predicted octanol–water partition coefficient (Wildman–Crippen LogP) is 2.83. The normalized spacial score (nSPS) is 21.2. The van der Waals surface area contributed by atoms with Crippen molar-refractivity contribution in [2.45, 2.75) is 38.5 Å². The molecule has 1 rings (SSSR count). The van der Waals surface area contributed by atoms with Gasteiger partial charge in [-0.2, -0.15) is 0 Å². The molecule has 4 heteroatoms. The van der Waals surface area contributed by atoms with Crippen molar-refractivity contribution in [3.8, 4) is 0 Å². The van der Waals surface area contributed by atoms with E-state index in [1.54, 1.807) is 0 Å². The van der Waals surface area contributed by atoms with Crippen molar-refractivity contribution >= 4 is 12.4 Å². The Morgan fingerprint density at radius 2 is 1.69 bits per heavy atom. The summed E-state index contributed by atoms with van der Waals surface area (Å²) in [5.74, 6) is -0.367. The minimum Gasteiger partial charge on any atom is -0.330 e. The second-order valence-corrected chi connectivity index (χ2v) is 3.63. The van der Waals surface area contributed by atoms with E-state index in [0.717, 1.165) is 25.7 Å². The van der Waals surface area contributed by atoms with Crippen molar-refractivity contribution in [3.05, 3.63) is 0 Å². The zero-order chi connectivity index (χ0) is 8.97. The molecule has 2 N–H and O–H groups in total. The van der Waals surface area contributed by atoms with Gasteiger partial charge in [0.2, 0.25) is 6.43 Å². The standard InChI is InChI=1S/C9H17F2N.ClH/c10-9(11)8(6-12)7-4-2-1-3-5-7;/h7-9H,1-6,12H2;1H. The predicted molar refractivity (Wildman–Crippen MR) is 52.4 cm³/mol. The third kappa shape index (κ3) is 3.77. The highest BCUT2D eigenvalue weighted by molar-refractivity contribution is 5.85. The summed E-state index contributed by atoms with van der Waals surface area (Å²) in [6.45, 7) is 0.141. The van der Waals surface area contributed by atoms with Gasteiger partial charge in [0.15, 0.2) is 0 Å². The van der Waals surface area contributed by atoms with Gasteiger partial charge in [0.05, 0.1) is 0 Å². The number of rotatable bonds is 3. The maximum Gasteiger partial charge on any atom is 0.242 e. The highest BCUT2D eigenvalue weighted by Gasteiger charge is 2.29. The molecule has 0 aliphatic heterocycles. The fourth-order valence-corrected chi connectivity index (χ4v) is 2.06. The third-order valence-corrected chi connectivity index (χ3v) is 2.85. The molecule has 1 aliphatic rings. The number of nitrogens with two attached hydrogens (primary N) is 1. The summed E-state index contributed by atoms with van der Waals surface area (Å²) >= 11 is 0. The van der Waals surface area contributed by atoms with E-state index in [4.69, 9.17) is 5.73 Å². The lowest BCUT2D eigenvalue weighted by atomic mass is 9.80. The molecule has 1 nitrogen and oxygen atoms in total. The highest BCUT2D eigenvalue weighted by Crippen LogP contribution is 2.32. The van der Waals surface area contributed by atoms with Gasteiger partial charge in [0, 0.05) is 12.5 Å². The van der Waals surface area contributed by atoms with Crippen LogP contribution < -0.4 is 5.73 Å². The molecule has 1 aliphatic carbocycles. The first-order valence-corrected chi connectivity index (χ1v) is 4.74. The fraction of sp³-hybridized carbons (Fsp3) is 1.00. The molecule has 1 fully saturated rings. The first-order chi connectivity index (χ1) is 5.75. The molecule has 0 radical (unpaired) electrons. The molecule has 0 bridgehead atoms. The Morgan fingerprint density at radius 3 is 2.08 bits per heavy atom. The van der Waals surface area contributed by atoms with E-state index in [1.807, 2.05) is 0 Å². The van der Waals surface area contributed by atoms with Crippen LogP contribution in [0.3, 0.4) is 0 Å². The smallest absolute Gasteiger partial charge is 0.242 e. The topological polar surface area (TPSA) is 26.0 Å². The first-order valence-electron chi connectivity index (χ1n) is 4.74. The Labute approximate surface area is 84.5 Å². The molecule has 0 saturated heterocycles. The van der Waals surface area contributed by atoms with Gasteiger partial charge >= 0.3 is 0 Å². The lowest BCUT2D eigenvalue weighted by molar-refractivity contribution is 0.0365. The van der Waals surface area contributed by atoms with Gasteiger partial charge in [-0.05, 0) is 18.8 Å². The van der Waals surface area contributed by atoms with Crippen LogP contribution in [0, 0.1) is 11.8 Å². The number of hydrogen-bond acceptors (Lipinski definition) is 1. The summed E-state index contributed by atoms with van der Waals surface area (Å²) in [5, 5.41) is 0. The quantitative estimate of drug-likeness (QED) is 0.767. The number of halogens is 3. The van der Waals surface area contributed by atoms with Gasteiger partial charge in [-0.25, -0.2) is 8.78 Å². The summed E-state index contributed by atoms with van der Waals surface area (Å²) in [6.07, 6.45) is 3.09. The van der Waals surface area contributed by atoms with Crippen LogP contribution in [-0.4, -0.2) is 13.0 Å². The summed E-state index contributed by atoms with van der Waals surface area (Å²) < 4.78 is 24.8. The van der Waals surface area contributed by atoms with Crippen molar-refractivity contribution in [1.29, 1.82) is 0 Å². The number of alkyl halides is 2. The van der Waals surface area contributed by atoms with Crippen molar-refractivity contribution in [3.63, 3.8) is 0 Å². The molecule has 0 heterocycles. The second kappa shape index (κ2) is 6.55. The van der Waals surface area contributed by atoms with E-state index in [2.05, 4.69) is 0 Å². The van der Waals surface area contributed by atoms with E-state index in [9.17, 15) is 8.78 Å². The average Bonchev–Trinajstić information content (AvgIpc) is 2.07. The summed E-state index contributed by atoms with van der Waals surface area (Å²) in [5.41, 5.74) is 5.32. The molecular formula is C9H18ClF2N. The Morgan fingerprint density at radius 1 is 1.15 bits per heavy atom. The molecule has 1 unspecified atom stereocenters. The van der Waals surface area contributed by atoms with Gasteiger partial charge in [-0.15, -0.1) is 12.4 Å². The summed E-state index contributed by atoms with van der Waals surface area (Å²) in [6, 6.07) is 0. The molecule has 0 amide bonds. The van der Waals surface area contributed by atoms with Gasteiger partial charge < -0.3 is 5.73 Å².